The maximum Gasteiger partial charge on any atom is 0.272 e. The van der Waals surface area contributed by atoms with Gasteiger partial charge in [0.25, 0.3) is 5.56 Å². The molecule has 3 aromatic rings. The number of aromatic nitrogens is 2. The minimum atomic E-state index is -0.241. The number of thiophene rings is 1. The van der Waals surface area contributed by atoms with Crippen molar-refractivity contribution in [2.24, 2.45) is 0 Å². The van der Waals surface area contributed by atoms with Crippen molar-refractivity contribution < 1.29 is 4.39 Å². The van der Waals surface area contributed by atoms with E-state index in [1.165, 1.54) is 35.2 Å². The summed E-state index contributed by atoms with van der Waals surface area (Å²) < 4.78 is 15.8. The van der Waals surface area contributed by atoms with E-state index in [4.69, 9.17) is 0 Å². The molecule has 3 nitrogen and oxygen atoms in total. The maximum atomic E-state index is 13.3. The molecule has 3 rings (SSSR count). The second kappa shape index (κ2) is 7.94. The van der Waals surface area contributed by atoms with Crippen molar-refractivity contribution in [3.05, 3.63) is 57.4 Å². The van der Waals surface area contributed by atoms with Crippen LogP contribution in [0.25, 0.3) is 10.2 Å². The van der Waals surface area contributed by atoms with Crippen LogP contribution in [0.2, 0.25) is 0 Å². The molecule has 24 heavy (non-hydrogen) atoms. The van der Waals surface area contributed by atoms with Gasteiger partial charge >= 0.3 is 0 Å². The van der Waals surface area contributed by atoms with Gasteiger partial charge in [0.15, 0.2) is 5.16 Å². The summed E-state index contributed by atoms with van der Waals surface area (Å²) in [7, 11) is 0. The van der Waals surface area contributed by atoms with Crippen LogP contribution in [-0.4, -0.2) is 9.55 Å². The Morgan fingerprint density at radius 3 is 2.96 bits per heavy atom. The topological polar surface area (TPSA) is 34.9 Å². The maximum absolute atomic E-state index is 13.3. The summed E-state index contributed by atoms with van der Waals surface area (Å²) >= 11 is 2.93. The second-order valence-corrected chi connectivity index (χ2v) is 7.47. The first kappa shape index (κ1) is 17.2. The average Bonchev–Trinajstić information content (AvgIpc) is 3.04. The van der Waals surface area contributed by atoms with Crippen LogP contribution in [0, 0.1) is 5.82 Å². The highest BCUT2D eigenvalue weighted by Crippen LogP contribution is 2.24. The summed E-state index contributed by atoms with van der Waals surface area (Å²) in [5.41, 5.74) is 1.67. The highest BCUT2D eigenvalue weighted by Gasteiger charge is 2.12. The number of halogens is 1. The third-order valence-corrected chi connectivity index (χ3v) is 5.71. The van der Waals surface area contributed by atoms with Gasteiger partial charge in [0.05, 0.1) is 5.52 Å². The zero-order valence-electron chi connectivity index (χ0n) is 13.5. The highest BCUT2D eigenvalue weighted by atomic mass is 32.2. The molecule has 0 aliphatic rings. The molecule has 126 valence electrons. The van der Waals surface area contributed by atoms with Crippen molar-refractivity contribution in [3.8, 4) is 0 Å². The molecule has 6 heteroatoms. The van der Waals surface area contributed by atoms with E-state index in [0.717, 1.165) is 30.3 Å². The Morgan fingerprint density at radius 2 is 2.17 bits per heavy atom. The van der Waals surface area contributed by atoms with Crippen LogP contribution in [0.3, 0.4) is 0 Å². The zero-order chi connectivity index (χ0) is 16.9. The van der Waals surface area contributed by atoms with Gasteiger partial charge in [0.1, 0.15) is 10.5 Å². The quantitative estimate of drug-likeness (QED) is 0.334. The van der Waals surface area contributed by atoms with Gasteiger partial charge in [0, 0.05) is 12.3 Å². The van der Waals surface area contributed by atoms with Crippen molar-refractivity contribution in [1.29, 1.82) is 0 Å². The Labute approximate surface area is 148 Å². The Balaban J connectivity index is 1.89. The zero-order valence-corrected chi connectivity index (χ0v) is 15.1. The molecule has 0 aliphatic heterocycles. The van der Waals surface area contributed by atoms with Crippen LogP contribution >= 0.6 is 23.1 Å². The predicted octanol–water partition coefficient (Wildman–Crippen LogP) is 5.08. The summed E-state index contributed by atoms with van der Waals surface area (Å²) in [5.74, 6) is 0.350. The lowest BCUT2D eigenvalue weighted by molar-refractivity contribution is 0.542. The molecule has 0 atom stereocenters. The van der Waals surface area contributed by atoms with Crippen molar-refractivity contribution in [2.45, 2.75) is 43.6 Å². The number of thioether (sulfide) groups is 1. The number of hydrogen-bond donors (Lipinski definition) is 0. The molecular weight excluding hydrogens is 343 g/mol. The number of rotatable bonds is 7. The lowest BCUT2D eigenvalue weighted by Gasteiger charge is -2.11. The largest absolute Gasteiger partial charge is 0.286 e. The van der Waals surface area contributed by atoms with Gasteiger partial charge in [-0.15, -0.1) is 11.3 Å². The molecule has 2 aromatic heterocycles. The predicted molar refractivity (Wildman–Crippen MR) is 99.4 cm³/mol. The molecule has 0 saturated carbocycles. The van der Waals surface area contributed by atoms with E-state index < -0.39 is 0 Å². The van der Waals surface area contributed by atoms with Crippen LogP contribution in [0.4, 0.5) is 4.39 Å². The van der Waals surface area contributed by atoms with Crippen LogP contribution in [0.15, 0.2) is 45.7 Å². The summed E-state index contributed by atoms with van der Waals surface area (Å²) in [4.78, 5) is 17.4. The van der Waals surface area contributed by atoms with Gasteiger partial charge in [-0.05, 0) is 35.6 Å². The first-order chi connectivity index (χ1) is 11.7. The van der Waals surface area contributed by atoms with Gasteiger partial charge < -0.3 is 0 Å². The third kappa shape index (κ3) is 3.87. The molecule has 0 saturated heterocycles. The molecule has 0 spiro atoms. The minimum absolute atomic E-state index is 0.0350. The minimum Gasteiger partial charge on any atom is -0.286 e. The summed E-state index contributed by atoms with van der Waals surface area (Å²) in [6.45, 7) is 2.82. The van der Waals surface area contributed by atoms with Gasteiger partial charge in [-0.1, -0.05) is 43.7 Å². The molecule has 0 amide bonds. The molecule has 0 radical (unpaired) electrons. The number of unbranched alkanes of at least 4 members (excludes halogenated alkanes) is 2. The normalized spacial score (nSPS) is 11.2. The van der Waals surface area contributed by atoms with Crippen molar-refractivity contribution in [1.82, 2.24) is 9.55 Å². The third-order valence-electron chi connectivity index (χ3n) is 3.77. The Hall–Kier alpha value is -1.66. The fourth-order valence-corrected chi connectivity index (χ4v) is 4.27. The molecule has 1 aromatic carbocycles. The average molecular weight is 362 g/mol. The van der Waals surface area contributed by atoms with E-state index in [9.17, 15) is 9.18 Å². The van der Waals surface area contributed by atoms with Gasteiger partial charge in [0.2, 0.25) is 0 Å². The Bertz CT molecular complexity index is 888. The number of hydrogen-bond acceptors (Lipinski definition) is 4. The molecule has 0 fully saturated rings. The molecular formula is C18H19FN2OS2. The van der Waals surface area contributed by atoms with Crippen LogP contribution in [0.1, 0.15) is 31.7 Å². The highest BCUT2D eigenvalue weighted by molar-refractivity contribution is 7.98. The Kier molecular flexibility index (Phi) is 5.68. The molecule has 0 unspecified atom stereocenters. The molecule has 0 N–H and O–H groups in total. The van der Waals surface area contributed by atoms with Crippen molar-refractivity contribution in [2.75, 3.05) is 0 Å². The molecule has 0 bridgehead atoms. The fraction of sp³-hybridized carbons (Fsp3) is 0.333. The van der Waals surface area contributed by atoms with Crippen LogP contribution in [-0.2, 0) is 12.3 Å². The van der Waals surface area contributed by atoms with E-state index >= 15 is 0 Å². The van der Waals surface area contributed by atoms with Gasteiger partial charge in [-0.25, -0.2) is 9.37 Å². The summed E-state index contributed by atoms with van der Waals surface area (Å²) in [6, 6.07) is 8.43. The summed E-state index contributed by atoms with van der Waals surface area (Å²) in [5, 5.41) is 2.61. The van der Waals surface area contributed by atoms with E-state index in [1.807, 2.05) is 17.5 Å². The van der Waals surface area contributed by atoms with E-state index in [0.29, 0.717) is 22.2 Å². The molecule has 0 aliphatic carbocycles. The first-order valence-electron chi connectivity index (χ1n) is 8.04. The first-order valence-corrected chi connectivity index (χ1v) is 9.91. The van der Waals surface area contributed by atoms with E-state index in [-0.39, 0.29) is 11.4 Å². The second-order valence-electron chi connectivity index (χ2n) is 5.61. The number of benzene rings is 1. The number of fused-ring (bicyclic) bond motifs is 1. The van der Waals surface area contributed by atoms with Crippen molar-refractivity contribution in [3.63, 3.8) is 0 Å². The summed E-state index contributed by atoms with van der Waals surface area (Å²) in [6.07, 6.45) is 3.15. The lowest BCUT2D eigenvalue weighted by Crippen LogP contribution is -2.22. The Morgan fingerprint density at radius 1 is 1.29 bits per heavy atom. The van der Waals surface area contributed by atoms with E-state index in [1.54, 1.807) is 10.6 Å². The molecule has 2 heterocycles. The number of nitrogens with zero attached hydrogens (tertiary/aromatic N) is 2. The van der Waals surface area contributed by atoms with Gasteiger partial charge in [-0.3, -0.25) is 9.36 Å². The van der Waals surface area contributed by atoms with E-state index in [2.05, 4.69) is 11.9 Å². The van der Waals surface area contributed by atoms with Gasteiger partial charge in [-0.2, -0.15) is 0 Å². The SMILES string of the molecule is CCCCCn1c(SCc2cccc(F)c2)nc2ccsc2c1=O. The van der Waals surface area contributed by atoms with Crippen LogP contribution in [0.5, 0.6) is 0 Å². The van der Waals surface area contributed by atoms with Crippen molar-refractivity contribution >= 4 is 33.3 Å². The lowest BCUT2D eigenvalue weighted by atomic mass is 10.2. The smallest absolute Gasteiger partial charge is 0.272 e. The fourth-order valence-electron chi connectivity index (χ4n) is 2.53. The van der Waals surface area contributed by atoms with Crippen LogP contribution < -0.4 is 5.56 Å². The standard InChI is InChI=1S/C18H19FN2OS2/c1-2-3-4-9-21-17(22)16-15(8-10-23-16)20-18(21)24-12-13-6-5-7-14(19)11-13/h5-8,10-11H,2-4,9,12H2,1H3. The monoisotopic (exact) mass is 362 g/mol.